The SMILES string of the molecule is C=Cc1cccc(-c2nn([C@H]3CN[C@H](C(=O)OC)C3)nc2-c2ccccc2)c1. The van der Waals surface area contributed by atoms with E-state index in [1.54, 1.807) is 4.80 Å². The molecule has 0 bridgehead atoms. The van der Waals surface area contributed by atoms with Gasteiger partial charge in [0.2, 0.25) is 0 Å². The lowest BCUT2D eigenvalue weighted by atomic mass is 10.0. The van der Waals surface area contributed by atoms with Crippen LogP contribution in [0.25, 0.3) is 28.6 Å². The van der Waals surface area contributed by atoms with E-state index < -0.39 is 0 Å². The van der Waals surface area contributed by atoms with E-state index in [1.165, 1.54) is 7.11 Å². The lowest BCUT2D eigenvalue weighted by Gasteiger charge is -2.08. The fourth-order valence-corrected chi connectivity index (χ4v) is 3.50. The van der Waals surface area contributed by atoms with Crippen molar-refractivity contribution in [2.75, 3.05) is 13.7 Å². The second-order valence-electron chi connectivity index (χ2n) is 6.79. The number of aromatic nitrogens is 3. The van der Waals surface area contributed by atoms with Gasteiger partial charge in [-0.25, -0.2) is 0 Å². The smallest absolute Gasteiger partial charge is 0.322 e. The third kappa shape index (κ3) is 3.46. The van der Waals surface area contributed by atoms with Gasteiger partial charge in [-0.1, -0.05) is 61.2 Å². The van der Waals surface area contributed by atoms with Crippen molar-refractivity contribution in [2.45, 2.75) is 18.5 Å². The Labute approximate surface area is 163 Å². The van der Waals surface area contributed by atoms with E-state index in [0.717, 1.165) is 28.1 Å². The molecular weight excluding hydrogens is 352 g/mol. The van der Waals surface area contributed by atoms with Gasteiger partial charge in [-0.3, -0.25) is 4.79 Å². The molecule has 1 saturated heterocycles. The molecule has 0 spiro atoms. The standard InChI is InChI=1S/C22H22N4O2/c1-3-15-8-7-11-17(12-15)21-20(16-9-5-4-6-10-16)24-26(25-21)18-13-19(23-14-18)22(27)28-2/h3-12,18-19,23H,1,13-14H2,2H3/t18-,19+/m1/s1. The first-order valence-electron chi connectivity index (χ1n) is 9.26. The summed E-state index contributed by atoms with van der Waals surface area (Å²) in [6.07, 6.45) is 2.42. The molecule has 2 heterocycles. The van der Waals surface area contributed by atoms with Crippen LogP contribution in [0.5, 0.6) is 0 Å². The van der Waals surface area contributed by atoms with Crippen molar-refractivity contribution in [2.24, 2.45) is 0 Å². The number of hydrogen-bond acceptors (Lipinski definition) is 5. The van der Waals surface area contributed by atoms with Gasteiger partial charge in [0.05, 0.1) is 13.2 Å². The van der Waals surface area contributed by atoms with Crippen LogP contribution >= 0.6 is 0 Å². The molecule has 0 amide bonds. The minimum Gasteiger partial charge on any atom is -0.468 e. The number of esters is 1. The molecule has 1 fully saturated rings. The lowest BCUT2D eigenvalue weighted by Crippen LogP contribution is -2.31. The molecule has 1 N–H and O–H groups in total. The zero-order valence-electron chi connectivity index (χ0n) is 15.7. The average Bonchev–Trinajstić information content (AvgIpc) is 3.41. The maximum atomic E-state index is 11.8. The van der Waals surface area contributed by atoms with Crippen molar-refractivity contribution < 1.29 is 9.53 Å². The molecule has 0 saturated carbocycles. The maximum Gasteiger partial charge on any atom is 0.322 e. The number of nitrogens with zero attached hydrogens (tertiary/aromatic N) is 3. The summed E-state index contributed by atoms with van der Waals surface area (Å²) >= 11 is 0. The van der Waals surface area contributed by atoms with Crippen molar-refractivity contribution >= 4 is 12.0 Å². The third-order valence-electron chi connectivity index (χ3n) is 4.99. The molecule has 1 aliphatic heterocycles. The van der Waals surface area contributed by atoms with Crippen LogP contribution < -0.4 is 5.32 Å². The minimum atomic E-state index is -0.325. The predicted molar refractivity (Wildman–Crippen MR) is 108 cm³/mol. The lowest BCUT2D eigenvalue weighted by molar-refractivity contribution is -0.142. The molecule has 2 atom stereocenters. The molecule has 2 aromatic carbocycles. The second-order valence-corrected chi connectivity index (χ2v) is 6.79. The largest absolute Gasteiger partial charge is 0.468 e. The van der Waals surface area contributed by atoms with E-state index in [-0.39, 0.29) is 18.1 Å². The Morgan fingerprint density at radius 2 is 1.86 bits per heavy atom. The van der Waals surface area contributed by atoms with E-state index in [9.17, 15) is 4.79 Å². The van der Waals surface area contributed by atoms with Crippen LogP contribution in [0.15, 0.2) is 61.2 Å². The van der Waals surface area contributed by atoms with E-state index in [2.05, 4.69) is 18.0 Å². The molecule has 142 valence electrons. The normalized spacial score (nSPS) is 18.8. The number of rotatable bonds is 5. The van der Waals surface area contributed by atoms with Gasteiger partial charge in [-0.05, 0) is 18.1 Å². The van der Waals surface area contributed by atoms with Gasteiger partial charge < -0.3 is 10.1 Å². The van der Waals surface area contributed by atoms with Crippen molar-refractivity contribution in [3.63, 3.8) is 0 Å². The molecule has 0 aliphatic carbocycles. The molecular formula is C22H22N4O2. The second kappa shape index (κ2) is 7.78. The summed E-state index contributed by atoms with van der Waals surface area (Å²) in [6, 6.07) is 17.8. The van der Waals surface area contributed by atoms with Gasteiger partial charge in [0.25, 0.3) is 0 Å². The molecule has 1 aliphatic rings. The van der Waals surface area contributed by atoms with Gasteiger partial charge in [0.1, 0.15) is 17.4 Å². The molecule has 3 aromatic rings. The molecule has 6 heteroatoms. The van der Waals surface area contributed by atoms with Crippen LogP contribution in [0.2, 0.25) is 0 Å². The number of carbonyl (C=O) groups is 1. The Morgan fingerprint density at radius 3 is 2.57 bits per heavy atom. The van der Waals surface area contributed by atoms with Crippen LogP contribution in [0.4, 0.5) is 0 Å². The third-order valence-corrected chi connectivity index (χ3v) is 4.99. The van der Waals surface area contributed by atoms with Crippen molar-refractivity contribution in [1.82, 2.24) is 20.3 Å². The van der Waals surface area contributed by atoms with Crippen molar-refractivity contribution in [1.29, 1.82) is 0 Å². The molecule has 0 radical (unpaired) electrons. The topological polar surface area (TPSA) is 69.0 Å². The van der Waals surface area contributed by atoms with Crippen LogP contribution in [0.3, 0.4) is 0 Å². The van der Waals surface area contributed by atoms with Crippen LogP contribution in [-0.4, -0.2) is 40.7 Å². The summed E-state index contributed by atoms with van der Waals surface area (Å²) in [7, 11) is 1.40. The first-order valence-corrected chi connectivity index (χ1v) is 9.26. The molecule has 6 nitrogen and oxygen atoms in total. The van der Waals surface area contributed by atoms with Gasteiger partial charge in [-0.2, -0.15) is 15.0 Å². The summed E-state index contributed by atoms with van der Waals surface area (Å²) < 4.78 is 4.85. The van der Waals surface area contributed by atoms with E-state index >= 15 is 0 Å². The van der Waals surface area contributed by atoms with Crippen molar-refractivity contribution in [3.05, 3.63) is 66.7 Å². The number of benzene rings is 2. The van der Waals surface area contributed by atoms with Gasteiger partial charge in [0.15, 0.2) is 0 Å². The number of methoxy groups -OCH3 is 1. The van der Waals surface area contributed by atoms with Gasteiger partial charge >= 0.3 is 5.97 Å². The van der Waals surface area contributed by atoms with E-state index in [4.69, 9.17) is 14.9 Å². The Balaban J connectivity index is 1.75. The first kappa shape index (κ1) is 18.1. The predicted octanol–water partition coefficient (Wildman–Crippen LogP) is 3.33. The summed E-state index contributed by atoms with van der Waals surface area (Å²) in [5, 5.41) is 12.8. The number of hydrogen-bond donors (Lipinski definition) is 1. The minimum absolute atomic E-state index is 0.0112. The molecule has 28 heavy (non-hydrogen) atoms. The summed E-state index contributed by atoms with van der Waals surface area (Å²) in [5.74, 6) is -0.253. The first-order chi connectivity index (χ1) is 13.7. The Bertz CT molecular complexity index is 997. The fourth-order valence-electron chi connectivity index (χ4n) is 3.50. The van der Waals surface area contributed by atoms with Crippen LogP contribution in [-0.2, 0) is 9.53 Å². The summed E-state index contributed by atoms with van der Waals surface area (Å²) in [4.78, 5) is 13.6. The highest BCUT2D eigenvalue weighted by molar-refractivity contribution is 5.78. The number of carbonyl (C=O) groups excluding carboxylic acids is 1. The molecule has 1 aromatic heterocycles. The highest BCUT2D eigenvalue weighted by Crippen LogP contribution is 2.31. The monoisotopic (exact) mass is 374 g/mol. The summed E-state index contributed by atoms with van der Waals surface area (Å²) in [5.41, 5.74) is 4.65. The Kier molecular flexibility index (Phi) is 5.04. The quantitative estimate of drug-likeness (QED) is 0.694. The Morgan fingerprint density at radius 1 is 1.14 bits per heavy atom. The Hall–Kier alpha value is -3.25. The van der Waals surface area contributed by atoms with E-state index in [1.807, 2.05) is 54.6 Å². The highest BCUT2D eigenvalue weighted by Gasteiger charge is 2.33. The highest BCUT2D eigenvalue weighted by atomic mass is 16.5. The van der Waals surface area contributed by atoms with E-state index in [0.29, 0.717) is 13.0 Å². The molecule has 4 rings (SSSR count). The van der Waals surface area contributed by atoms with Gasteiger partial charge in [-0.15, -0.1) is 0 Å². The van der Waals surface area contributed by atoms with Gasteiger partial charge in [0, 0.05) is 17.7 Å². The van der Waals surface area contributed by atoms with Crippen LogP contribution in [0, 0.1) is 0 Å². The number of ether oxygens (including phenoxy) is 1. The fraction of sp³-hybridized carbons (Fsp3) is 0.227. The maximum absolute atomic E-state index is 11.8. The van der Waals surface area contributed by atoms with Crippen molar-refractivity contribution in [3.8, 4) is 22.5 Å². The summed E-state index contributed by atoms with van der Waals surface area (Å²) in [6.45, 7) is 4.47. The number of nitrogens with one attached hydrogen (secondary N) is 1. The zero-order valence-corrected chi connectivity index (χ0v) is 15.7. The average molecular weight is 374 g/mol. The van der Waals surface area contributed by atoms with Crippen LogP contribution in [0.1, 0.15) is 18.0 Å². The zero-order chi connectivity index (χ0) is 19.5. The molecule has 0 unspecified atom stereocenters.